The van der Waals surface area contributed by atoms with E-state index in [4.69, 9.17) is 5.10 Å². The van der Waals surface area contributed by atoms with Gasteiger partial charge in [-0.2, -0.15) is 5.10 Å². The Morgan fingerprint density at radius 2 is 1.70 bits per heavy atom. The van der Waals surface area contributed by atoms with Gasteiger partial charge in [0.25, 0.3) is 5.56 Å². The molecule has 0 fully saturated rings. The Kier molecular flexibility index (Phi) is 4.26. The van der Waals surface area contributed by atoms with E-state index in [0.717, 1.165) is 22.6 Å². The number of rotatable bonds is 2. The van der Waals surface area contributed by atoms with Crippen molar-refractivity contribution in [2.24, 2.45) is 19.2 Å². The number of aryl methyl sites for hydroxylation is 1. The molecule has 0 saturated heterocycles. The fourth-order valence-electron chi connectivity index (χ4n) is 5.06. The average Bonchev–Trinajstić information content (AvgIpc) is 3.38. The van der Waals surface area contributed by atoms with E-state index >= 15 is 0 Å². The third-order valence-corrected chi connectivity index (χ3v) is 8.05. The molecule has 0 N–H and O–H groups in total. The molecule has 2 atom stereocenters. The fourth-order valence-corrected chi connectivity index (χ4v) is 6.31. The number of aromatic nitrogens is 2. The maximum absolute atomic E-state index is 13.6. The molecule has 6 rings (SSSR count). The van der Waals surface area contributed by atoms with Crippen molar-refractivity contribution in [1.82, 2.24) is 9.13 Å². The highest BCUT2D eigenvalue weighted by atomic mass is 32.2. The lowest BCUT2D eigenvalue weighted by atomic mass is 9.86. The summed E-state index contributed by atoms with van der Waals surface area (Å²) in [5.41, 5.74) is 3.64. The molecule has 3 aliphatic heterocycles. The molecule has 0 amide bonds. The molecule has 1 aromatic heterocycles. The maximum atomic E-state index is 13.6. The van der Waals surface area contributed by atoms with Gasteiger partial charge in [0.2, 0.25) is 0 Å². The minimum Gasteiger partial charge on any atom is -0.325 e. The molecule has 0 saturated carbocycles. The van der Waals surface area contributed by atoms with Crippen molar-refractivity contribution >= 4 is 34.7 Å². The van der Waals surface area contributed by atoms with Crippen LogP contribution in [0.25, 0.3) is 0 Å². The average molecular weight is 458 g/mol. The number of hydrazone groups is 1. The van der Waals surface area contributed by atoms with Crippen molar-refractivity contribution in [3.63, 3.8) is 0 Å². The van der Waals surface area contributed by atoms with Gasteiger partial charge in [-0.3, -0.25) is 18.9 Å². The monoisotopic (exact) mass is 457 g/mol. The summed E-state index contributed by atoms with van der Waals surface area (Å²) >= 11 is 1.70. The summed E-state index contributed by atoms with van der Waals surface area (Å²) in [7, 11) is 3.26. The van der Waals surface area contributed by atoms with Gasteiger partial charge >= 0.3 is 5.69 Å². The second kappa shape index (κ2) is 6.99. The Labute approximate surface area is 195 Å². The van der Waals surface area contributed by atoms with E-state index in [9.17, 15) is 9.59 Å². The lowest BCUT2D eigenvalue weighted by molar-refractivity contribution is 0.621. The number of anilines is 3. The molecule has 1 spiro atoms. The molecular formula is C25H23N5O2S. The van der Waals surface area contributed by atoms with Crippen LogP contribution >= 0.6 is 11.8 Å². The van der Waals surface area contributed by atoms with Crippen molar-refractivity contribution in [1.29, 1.82) is 0 Å². The number of nitrogens with zero attached hydrogens (tertiary/aromatic N) is 5. The van der Waals surface area contributed by atoms with Crippen molar-refractivity contribution in [2.45, 2.75) is 17.7 Å². The molecule has 0 radical (unpaired) electrons. The summed E-state index contributed by atoms with van der Waals surface area (Å²) in [6.07, 6.45) is 2.17. The Hall–Kier alpha value is -3.52. The second-order valence-corrected chi connectivity index (χ2v) is 9.97. The van der Waals surface area contributed by atoms with Crippen molar-refractivity contribution in [3.8, 4) is 0 Å². The first-order valence-electron chi connectivity index (χ1n) is 10.8. The molecule has 33 heavy (non-hydrogen) atoms. The van der Waals surface area contributed by atoms with Gasteiger partial charge in [-0.05, 0) is 36.6 Å². The molecule has 2 aromatic carbocycles. The maximum Gasteiger partial charge on any atom is 0.332 e. The quantitative estimate of drug-likeness (QED) is 0.592. The summed E-state index contributed by atoms with van der Waals surface area (Å²) in [4.78, 5) is 28.6. The van der Waals surface area contributed by atoms with E-state index in [1.807, 2.05) is 54.4 Å². The van der Waals surface area contributed by atoms with Gasteiger partial charge in [0.05, 0.1) is 17.4 Å². The Morgan fingerprint density at radius 1 is 0.970 bits per heavy atom. The number of para-hydroxylation sites is 1. The Bertz CT molecular complexity index is 1460. The third kappa shape index (κ3) is 2.67. The van der Waals surface area contributed by atoms with Crippen LogP contribution in [-0.4, -0.2) is 32.2 Å². The number of fused-ring (bicyclic) bond motifs is 2. The van der Waals surface area contributed by atoms with Crippen LogP contribution in [0, 0.1) is 6.92 Å². The smallest absolute Gasteiger partial charge is 0.325 e. The van der Waals surface area contributed by atoms with Crippen molar-refractivity contribution in [3.05, 3.63) is 98.0 Å². The Morgan fingerprint density at radius 3 is 2.42 bits per heavy atom. The van der Waals surface area contributed by atoms with Crippen LogP contribution in [0.1, 0.15) is 11.1 Å². The predicted molar refractivity (Wildman–Crippen MR) is 134 cm³/mol. The molecular weight excluding hydrogens is 434 g/mol. The highest BCUT2D eigenvalue weighted by molar-refractivity contribution is 8.04. The van der Waals surface area contributed by atoms with Crippen LogP contribution in [0.3, 0.4) is 0 Å². The zero-order chi connectivity index (χ0) is 22.9. The third-order valence-electron chi connectivity index (χ3n) is 6.77. The number of thioether (sulfide) groups is 1. The van der Waals surface area contributed by atoms with Crippen LogP contribution < -0.4 is 21.2 Å². The Balaban J connectivity index is 1.65. The lowest BCUT2D eigenvalue weighted by Crippen LogP contribution is -2.58. The van der Waals surface area contributed by atoms with E-state index in [1.54, 1.807) is 23.4 Å². The summed E-state index contributed by atoms with van der Waals surface area (Å²) in [6, 6.07) is 18.2. The standard InChI is InChI=1S/C25H23N5O2S/c1-16-9-11-17(12-10-16)29-15-25-19(13-14-33-25)30(18-7-5-4-6-8-18)26-21(25)20-22(29)27(2)24(32)28(3)23(20)31/h4-14,19H,15H2,1-3H3. The zero-order valence-corrected chi connectivity index (χ0v) is 19.4. The summed E-state index contributed by atoms with van der Waals surface area (Å²) in [5, 5.41) is 9.16. The molecule has 3 aliphatic rings. The number of hydrogen-bond acceptors (Lipinski definition) is 6. The summed E-state index contributed by atoms with van der Waals surface area (Å²) in [5.74, 6) is 0.595. The normalized spacial score (nSPS) is 22.8. The molecule has 0 aliphatic carbocycles. The van der Waals surface area contributed by atoms with Crippen LogP contribution in [0.4, 0.5) is 17.2 Å². The first-order valence-corrected chi connectivity index (χ1v) is 11.7. The lowest BCUT2D eigenvalue weighted by Gasteiger charge is -2.42. The van der Waals surface area contributed by atoms with E-state index < -0.39 is 4.75 Å². The molecule has 4 heterocycles. The first kappa shape index (κ1) is 20.1. The van der Waals surface area contributed by atoms with Gasteiger partial charge in [0.1, 0.15) is 16.1 Å². The van der Waals surface area contributed by atoms with Crippen molar-refractivity contribution in [2.75, 3.05) is 16.5 Å². The zero-order valence-electron chi connectivity index (χ0n) is 18.6. The highest BCUT2D eigenvalue weighted by Gasteiger charge is 2.58. The van der Waals surface area contributed by atoms with Gasteiger partial charge in [0, 0.05) is 26.3 Å². The van der Waals surface area contributed by atoms with E-state index in [2.05, 4.69) is 28.5 Å². The molecule has 166 valence electrons. The van der Waals surface area contributed by atoms with Gasteiger partial charge in [-0.25, -0.2) is 4.79 Å². The molecule has 2 unspecified atom stereocenters. The predicted octanol–water partition coefficient (Wildman–Crippen LogP) is 3.14. The largest absolute Gasteiger partial charge is 0.332 e. The number of hydrogen-bond donors (Lipinski definition) is 0. The molecule has 0 bridgehead atoms. The van der Waals surface area contributed by atoms with Crippen LogP contribution in [0.5, 0.6) is 0 Å². The van der Waals surface area contributed by atoms with E-state index in [0.29, 0.717) is 17.9 Å². The van der Waals surface area contributed by atoms with Gasteiger partial charge in [0.15, 0.2) is 0 Å². The van der Waals surface area contributed by atoms with Gasteiger partial charge in [-0.15, -0.1) is 11.8 Å². The fraction of sp³-hybridized carbons (Fsp3) is 0.240. The van der Waals surface area contributed by atoms with Crippen LogP contribution in [0.2, 0.25) is 0 Å². The van der Waals surface area contributed by atoms with Crippen LogP contribution in [0.15, 0.2) is 80.8 Å². The minimum atomic E-state index is -0.461. The first-order chi connectivity index (χ1) is 15.9. The highest BCUT2D eigenvalue weighted by Crippen LogP contribution is 2.52. The second-order valence-electron chi connectivity index (χ2n) is 8.74. The topological polar surface area (TPSA) is 62.8 Å². The molecule has 3 aromatic rings. The van der Waals surface area contributed by atoms with E-state index in [1.165, 1.54) is 11.6 Å². The van der Waals surface area contributed by atoms with E-state index in [-0.39, 0.29) is 17.3 Å². The van der Waals surface area contributed by atoms with Crippen LogP contribution in [-0.2, 0) is 14.1 Å². The summed E-state index contributed by atoms with van der Waals surface area (Å²) in [6.45, 7) is 2.64. The molecule has 8 heteroatoms. The molecule has 7 nitrogen and oxygen atoms in total. The summed E-state index contributed by atoms with van der Waals surface area (Å²) < 4.78 is 2.29. The van der Waals surface area contributed by atoms with Gasteiger partial charge < -0.3 is 4.90 Å². The van der Waals surface area contributed by atoms with Gasteiger partial charge in [-0.1, -0.05) is 42.0 Å². The number of benzene rings is 2. The minimum absolute atomic E-state index is 0.0389. The SMILES string of the molecule is Cc1ccc(N2CC34SC=CC3N(c3ccccc3)N=C4c3c2n(C)c(=O)n(C)c3=O)cc1. The van der Waals surface area contributed by atoms with Crippen molar-refractivity contribution < 1.29 is 0 Å².